The number of sulfonamides is 1. The average Bonchev–Trinajstić information content (AvgIpc) is 2.58. The molecule has 0 spiro atoms. The van der Waals surface area contributed by atoms with Crippen LogP contribution in [0.15, 0.2) is 23.1 Å². The Hall–Kier alpha value is -2.53. The molecule has 1 rings (SSSR count). The van der Waals surface area contributed by atoms with Gasteiger partial charge in [-0.25, -0.2) is 22.4 Å². The molecule has 0 saturated heterocycles. The number of carbonyl (C=O) groups is 3. The van der Waals surface area contributed by atoms with Gasteiger partial charge in [0.1, 0.15) is 10.7 Å². The van der Waals surface area contributed by atoms with Crippen molar-refractivity contribution in [2.24, 2.45) is 0 Å². The minimum absolute atomic E-state index is 0.129. The summed E-state index contributed by atoms with van der Waals surface area (Å²) in [5, 5.41) is 4.49. The number of urea groups is 1. The molecule has 0 aliphatic carbocycles. The number of halogens is 1. The number of amides is 3. The molecule has 0 atom stereocenters. The summed E-state index contributed by atoms with van der Waals surface area (Å²) >= 11 is 0. The fourth-order valence-electron chi connectivity index (χ4n) is 2.28. The SMILES string of the molecule is CCN(CC)S(=O)(=O)c1cc(C(=O)OCC(=O)NC(=O)NC(C)(C)C)ccc1F. The third kappa shape index (κ3) is 7.09. The van der Waals surface area contributed by atoms with Crippen LogP contribution in [0.4, 0.5) is 9.18 Å². The molecule has 0 bridgehead atoms. The van der Waals surface area contributed by atoms with Crippen LogP contribution in [0.2, 0.25) is 0 Å². The number of ether oxygens (including phenoxy) is 1. The molecule has 3 amide bonds. The number of hydrogen-bond donors (Lipinski definition) is 2. The van der Waals surface area contributed by atoms with Crippen molar-refractivity contribution in [3.8, 4) is 0 Å². The molecule has 2 N–H and O–H groups in total. The van der Waals surface area contributed by atoms with Crippen molar-refractivity contribution in [2.45, 2.75) is 45.1 Å². The molecule has 29 heavy (non-hydrogen) atoms. The number of nitrogens with one attached hydrogen (secondary N) is 2. The molecule has 0 aliphatic rings. The second kappa shape index (κ2) is 9.79. The van der Waals surface area contributed by atoms with E-state index in [1.165, 1.54) is 0 Å². The highest BCUT2D eigenvalue weighted by atomic mass is 32.2. The van der Waals surface area contributed by atoms with Gasteiger partial charge < -0.3 is 10.1 Å². The summed E-state index contributed by atoms with van der Waals surface area (Å²) < 4.78 is 44.9. The molecule has 1 aromatic carbocycles. The van der Waals surface area contributed by atoms with Gasteiger partial charge in [0.2, 0.25) is 10.0 Å². The first-order valence-corrected chi connectivity index (χ1v) is 10.3. The van der Waals surface area contributed by atoms with Gasteiger partial charge in [-0.3, -0.25) is 10.1 Å². The van der Waals surface area contributed by atoms with Gasteiger partial charge in [0, 0.05) is 18.6 Å². The van der Waals surface area contributed by atoms with Gasteiger partial charge in [0.15, 0.2) is 6.61 Å². The Kier molecular flexibility index (Phi) is 8.27. The molecule has 0 fully saturated rings. The van der Waals surface area contributed by atoms with Gasteiger partial charge in [-0.15, -0.1) is 0 Å². The molecule has 0 radical (unpaired) electrons. The number of hydrogen-bond acceptors (Lipinski definition) is 6. The van der Waals surface area contributed by atoms with E-state index in [1.807, 2.05) is 5.32 Å². The topological polar surface area (TPSA) is 122 Å². The summed E-state index contributed by atoms with van der Waals surface area (Å²) in [6, 6.07) is 1.98. The fraction of sp³-hybridized carbons (Fsp3) is 0.500. The minimum atomic E-state index is -4.13. The molecule has 1 aromatic rings. The summed E-state index contributed by atoms with van der Waals surface area (Å²) in [7, 11) is -4.13. The molecular formula is C18H26FN3O6S. The Morgan fingerprint density at radius 2 is 1.72 bits per heavy atom. The highest BCUT2D eigenvalue weighted by Gasteiger charge is 2.27. The minimum Gasteiger partial charge on any atom is -0.452 e. The Balaban J connectivity index is 2.86. The van der Waals surface area contributed by atoms with Gasteiger partial charge in [-0.1, -0.05) is 13.8 Å². The quantitative estimate of drug-likeness (QED) is 0.633. The summed E-state index contributed by atoms with van der Waals surface area (Å²) in [4.78, 5) is 34.8. The zero-order valence-corrected chi connectivity index (χ0v) is 17.9. The van der Waals surface area contributed by atoms with Gasteiger partial charge in [-0.05, 0) is 39.0 Å². The molecule has 9 nitrogen and oxygen atoms in total. The van der Waals surface area contributed by atoms with E-state index in [0.29, 0.717) is 0 Å². The lowest BCUT2D eigenvalue weighted by Gasteiger charge is -2.20. The van der Waals surface area contributed by atoms with Crippen molar-refractivity contribution >= 4 is 27.9 Å². The number of rotatable bonds is 7. The number of benzene rings is 1. The van der Waals surface area contributed by atoms with Crippen LogP contribution >= 0.6 is 0 Å². The first-order valence-electron chi connectivity index (χ1n) is 8.90. The maximum absolute atomic E-state index is 14.1. The predicted octanol–water partition coefficient (Wildman–Crippen LogP) is 1.64. The monoisotopic (exact) mass is 431 g/mol. The average molecular weight is 431 g/mol. The van der Waals surface area contributed by atoms with Crippen LogP contribution in [-0.2, 0) is 19.6 Å². The Labute approximate surface area is 169 Å². The normalized spacial score (nSPS) is 11.8. The molecule has 0 saturated carbocycles. The standard InChI is InChI=1S/C18H26FN3O6S/c1-6-22(7-2)29(26,27)14-10-12(8-9-13(14)19)16(24)28-11-15(23)20-17(25)21-18(3,4)5/h8-10H,6-7,11H2,1-5H3,(H2,20,21,23,25). The van der Waals surface area contributed by atoms with E-state index in [4.69, 9.17) is 4.74 Å². The van der Waals surface area contributed by atoms with Crippen LogP contribution < -0.4 is 10.6 Å². The zero-order valence-electron chi connectivity index (χ0n) is 17.0. The Morgan fingerprint density at radius 3 is 2.24 bits per heavy atom. The van der Waals surface area contributed by atoms with Crippen molar-refractivity contribution < 1.29 is 31.9 Å². The van der Waals surface area contributed by atoms with E-state index < -0.39 is 50.8 Å². The van der Waals surface area contributed by atoms with Crippen molar-refractivity contribution in [3.63, 3.8) is 0 Å². The lowest BCUT2D eigenvalue weighted by molar-refractivity contribution is -0.123. The lowest BCUT2D eigenvalue weighted by Crippen LogP contribution is -2.49. The van der Waals surface area contributed by atoms with Gasteiger partial charge in [0.05, 0.1) is 5.56 Å². The fourth-order valence-corrected chi connectivity index (χ4v) is 3.83. The molecule has 0 unspecified atom stereocenters. The third-order valence-electron chi connectivity index (χ3n) is 3.57. The molecule has 162 valence electrons. The summed E-state index contributed by atoms with van der Waals surface area (Å²) in [5.41, 5.74) is -0.814. The smallest absolute Gasteiger partial charge is 0.338 e. The predicted molar refractivity (Wildman–Crippen MR) is 103 cm³/mol. The number of carbonyl (C=O) groups excluding carboxylic acids is 3. The second-order valence-electron chi connectivity index (χ2n) is 7.06. The van der Waals surface area contributed by atoms with E-state index >= 15 is 0 Å². The van der Waals surface area contributed by atoms with Crippen LogP contribution in [0, 0.1) is 5.82 Å². The van der Waals surface area contributed by atoms with Crippen molar-refractivity contribution in [1.82, 2.24) is 14.9 Å². The van der Waals surface area contributed by atoms with Crippen LogP contribution in [-0.4, -0.2) is 55.9 Å². The van der Waals surface area contributed by atoms with Gasteiger partial charge in [-0.2, -0.15) is 4.31 Å². The van der Waals surface area contributed by atoms with Crippen LogP contribution in [0.1, 0.15) is 45.0 Å². The van der Waals surface area contributed by atoms with Crippen molar-refractivity contribution in [1.29, 1.82) is 0 Å². The van der Waals surface area contributed by atoms with E-state index in [1.54, 1.807) is 34.6 Å². The van der Waals surface area contributed by atoms with Crippen molar-refractivity contribution in [2.75, 3.05) is 19.7 Å². The number of esters is 1. The number of nitrogens with zero attached hydrogens (tertiary/aromatic N) is 1. The molecule has 0 aromatic heterocycles. The molecular weight excluding hydrogens is 405 g/mol. The maximum atomic E-state index is 14.1. The largest absolute Gasteiger partial charge is 0.452 e. The number of imide groups is 1. The third-order valence-corrected chi connectivity index (χ3v) is 5.63. The summed E-state index contributed by atoms with van der Waals surface area (Å²) in [6.45, 7) is 7.84. The van der Waals surface area contributed by atoms with Gasteiger partial charge >= 0.3 is 12.0 Å². The lowest BCUT2D eigenvalue weighted by atomic mass is 10.1. The first-order chi connectivity index (χ1) is 13.3. The maximum Gasteiger partial charge on any atom is 0.338 e. The Bertz CT molecular complexity index is 876. The van der Waals surface area contributed by atoms with Crippen LogP contribution in [0.3, 0.4) is 0 Å². The van der Waals surface area contributed by atoms with Gasteiger partial charge in [0.25, 0.3) is 5.91 Å². The molecule has 0 aliphatic heterocycles. The second-order valence-corrected chi connectivity index (χ2v) is 8.97. The zero-order chi connectivity index (χ0) is 22.4. The summed E-state index contributed by atoms with van der Waals surface area (Å²) in [6.07, 6.45) is 0. The van der Waals surface area contributed by atoms with Crippen LogP contribution in [0.25, 0.3) is 0 Å². The highest BCUT2D eigenvalue weighted by Crippen LogP contribution is 2.21. The van der Waals surface area contributed by atoms with Crippen molar-refractivity contribution in [3.05, 3.63) is 29.6 Å². The van der Waals surface area contributed by atoms with E-state index in [9.17, 15) is 27.2 Å². The Morgan fingerprint density at radius 1 is 1.14 bits per heavy atom. The van der Waals surface area contributed by atoms with Crippen LogP contribution in [0.5, 0.6) is 0 Å². The van der Waals surface area contributed by atoms with E-state index in [0.717, 1.165) is 22.5 Å². The van der Waals surface area contributed by atoms with E-state index in [-0.39, 0.29) is 18.7 Å². The highest BCUT2D eigenvalue weighted by molar-refractivity contribution is 7.89. The molecule has 0 heterocycles. The molecule has 11 heteroatoms. The van der Waals surface area contributed by atoms with E-state index in [2.05, 4.69) is 5.32 Å². The summed E-state index contributed by atoms with van der Waals surface area (Å²) in [5.74, 6) is -2.92. The first kappa shape index (κ1) is 24.5.